The van der Waals surface area contributed by atoms with E-state index in [1.54, 1.807) is 4.90 Å². The topological polar surface area (TPSA) is 79.5 Å². The van der Waals surface area contributed by atoms with Gasteiger partial charge in [0.15, 0.2) is 0 Å². The van der Waals surface area contributed by atoms with Crippen molar-refractivity contribution in [2.24, 2.45) is 5.73 Å². The van der Waals surface area contributed by atoms with Crippen LogP contribution in [0.1, 0.15) is 29.8 Å². The highest BCUT2D eigenvalue weighted by atomic mass is 16.3. The maximum atomic E-state index is 12.7. The molecule has 0 saturated heterocycles. The minimum atomic E-state index is -0.259. The Morgan fingerprint density at radius 1 is 1.29 bits per heavy atom. The molecule has 1 aromatic heterocycles. The molecular weight excluding hydrogens is 266 g/mol. The van der Waals surface area contributed by atoms with Crippen LogP contribution >= 0.6 is 0 Å². The number of aromatic hydroxyl groups is 1. The first-order chi connectivity index (χ1) is 10.0. The molecule has 0 fully saturated rings. The highest BCUT2D eigenvalue weighted by Gasteiger charge is 2.22. The number of pyridine rings is 1. The smallest absolute Gasteiger partial charge is 0.262 e. The number of amides is 1. The van der Waals surface area contributed by atoms with Crippen molar-refractivity contribution in [1.82, 2.24) is 4.98 Å². The summed E-state index contributed by atoms with van der Waals surface area (Å²) in [7, 11) is 0. The summed E-state index contributed by atoms with van der Waals surface area (Å²) in [5, 5.41) is 9.81. The van der Waals surface area contributed by atoms with Crippen LogP contribution in [-0.4, -0.2) is 22.0 Å². The van der Waals surface area contributed by atoms with Gasteiger partial charge in [0.1, 0.15) is 5.75 Å². The number of hydrogen-bond acceptors (Lipinski definition) is 4. The molecule has 1 heterocycles. The Labute approximate surface area is 124 Å². The van der Waals surface area contributed by atoms with Crippen molar-refractivity contribution < 1.29 is 9.90 Å². The second kappa shape index (κ2) is 6.37. The lowest BCUT2D eigenvalue weighted by Crippen LogP contribution is -2.37. The summed E-state index contributed by atoms with van der Waals surface area (Å²) < 4.78 is 0. The average molecular weight is 285 g/mol. The second-order valence-corrected chi connectivity index (χ2v) is 5.03. The molecule has 21 heavy (non-hydrogen) atoms. The van der Waals surface area contributed by atoms with Crippen molar-refractivity contribution >= 4 is 11.6 Å². The molecule has 5 nitrogen and oxygen atoms in total. The van der Waals surface area contributed by atoms with E-state index in [2.05, 4.69) is 4.98 Å². The summed E-state index contributed by atoms with van der Waals surface area (Å²) in [5.41, 5.74) is 7.59. The molecule has 1 aromatic carbocycles. The van der Waals surface area contributed by atoms with E-state index in [9.17, 15) is 9.90 Å². The summed E-state index contributed by atoms with van der Waals surface area (Å²) in [6.45, 7) is 4.31. The van der Waals surface area contributed by atoms with Crippen molar-refractivity contribution in [3.05, 3.63) is 53.9 Å². The van der Waals surface area contributed by atoms with Gasteiger partial charge in [-0.3, -0.25) is 9.78 Å². The first-order valence-electron chi connectivity index (χ1n) is 6.80. The Hall–Kier alpha value is -2.40. The van der Waals surface area contributed by atoms with Gasteiger partial charge in [-0.05, 0) is 37.6 Å². The predicted octanol–water partition coefficient (Wildman–Crippen LogP) is 2.30. The van der Waals surface area contributed by atoms with E-state index < -0.39 is 0 Å². The van der Waals surface area contributed by atoms with Crippen molar-refractivity contribution in [2.75, 3.05) is 4.90 Å². The van der Waals surface area contributed by atoms with Gasteiger partial charge in [-0.25, -0.2) is 0 Å². The minimum Gasteiger partial charge on any atom is -0.505 e. The third-order valence-electron chi connectivity index (χ3n) is 3.22. The van der Waals surface area contributed by atoms with Gasteiger partial charge in [0, 0.05) is 24.5 Å². The Kier molecular flexibility index (Phi) is 4.55. The Morgan fingerprint density at radius 3 is 2.48 bits per heavy atom. The standard InChI is InChI=1S/C16H19N3O2/c1-11(2)19(13-5-3-12(9-17)4-6-13)16(21)14-7-8-18-10-15(14)20/h3-8,10-11,20H,9,17H2,1-2H3. The lowest BCUT2D eigenvalue weighted by Gasteiger charge is -2.27. The zero-order chi connectivity index (χ0) is 15.4. The molecule has 1 amide bonds. The maximum absolute atomic E-state index is 12.7. The lowest BCUT2D eigenvalue weighted by atomic mass is 10.1. The van der Waals surface area contributed by atoms with Crippen LogP contribution in [0.5, 0.6) is 5.75 Å². The number of hydrogen-bond donors (Lipinski definition) is 2. The third kappa shape index (κ3) is 3.20. The fourth-order valence-corrected chi connectivity index (χ4v) is 2.14. The molecule has 5 heteroatoms. The highest BCUT2D eigenvalue weighted by molar-refractivity contribution is 6.08. The fourth-order valence-electron chi connectivity index (χ4n) is 2.14. The number of carbonyl (C=O) groups is 1. The zero-order valence-electron chi connectivity index (χ0n) is 12.2. The van der Waals surface area contributed by atoms with Crippen LogP contribution in [-0.2, 0) is 6.54 Å². The van der Waals surface area contributed by atoms with Crippen LogP contribution in [0.3, 0.4) is 0 Å². The van der Waals surface area contributed by atoms with Crippen LogP contribution in [0.15, 0.2) is 42.7 Å². The molecule has 2 rings (SSSR count). The Bertz CT molecular complexity index is 624. The molecule has 3 N–H and O–H groups in total. The first kappa shape index (κ1) is 15.0. The molecule has 0 saturated carbocycles. The summed E-state index contributed by atoms with van der Waals surface area (Å²) in [6, 6.07) is 8.97. The van der Waals surface area contributed by atoms with Crippen LogP contribution in [0, 0.1) is 0 Å². The second-order valence-electron chi connectivity index (χ2n) is 5.03. The quantitative estimate of drug-likeness (QED) is 0.903. The number of carbonyl (C=O) groups excluding carboxylic acids is 1. The number of nitrogens with two attached hydrogens (primary N) is 1. The van der Waals surface area contributed by atoms with Crippen LogP contribution < -0.4 is 10.6 Å². The maximum Gasteiger partial charge on any atom is 0.262 e. The number of nitrogens with zero attached hydrogens (tertiary/aromatic N) is 2. The SMILES string of the molecule is CC(C)N(C(=O)c1ccncc1O)c1ccc(CN)cc1. The van der Waals surface area contributed by atoms with Crippen molar-refractivity contribution in [2.45, 2.75) is 26.4 Å². The number of rotatable bonds is 4. The van der Waals surface area contributed by atoms with E-state index in [-0.39, 0.29) is 23.3 Å². The highest BCUT2D eigenvalue weighted by Crippen LogP contribution is 2.24. The van der Waals surface area contributed by atoms with Gasteiger partial charge in [0.25, 0.3) is 5.91 Å². The van der Waals surface area contributed by atoms with Gasteiger partial charge >= 0.3 is 0 Å². The molecule has 2 aromatic rings. The molecule has 0 atom stereocenters. The molecule has 0 spiro atoms. The van der Waals surface area contributed by atoms with Gasteiger partial charge in [-0.2, -0.15) is 0 Å². The number of anilines is 1. The van der Waals surface area contributed by atoms with Crippen molar-refractivity contribution in [3.8, 4) is 5.75 Å². The fraction of sp³-hybridized carbons (Fsp3) is 0.250. The minimum absolute atomic E-state index is 0.0474. The summed E-state index contributed by atoms with van der Waals surface area (Å²) >= 11 is 0. The van der Waals surface area contributed by atoms with E-state index in [1.807, 2.05) is 38.1 Å². The summed E-state index contributed by atoms with van der Waals surface area (Å²) in [6.07, 6.45) is 2.76. The van der Waals surface area contributed by atoms with Gasteiger partial charge < -0.3 is 15.7 Å². The van der Waals surface area contributed by atoms with Crippen molar-refractivity contribution in [3.63, 3.8) is 0 Å². The van der Waals surface area contributed by atoms with Crippen molar-refractivity contribution in [1.29, 1.82) is 0 Å². The summed E-state index contributed by atoms with van der Waals surface area (Å²) in [5.74, 6) is -0.378. The molecule has 0 radical (unpaired) electrons. The Morgan fingerprint density at radius 2 is 1.95 bits per heavy atom. The van der Waals surface area contributed by atoms with Crippen LogP contribution in [0.25, 0.3) is 0 Å². The molecular formula is C16H19N3O2. The van der Waals surface area contributed by atoms with Gasteiger partial charge in [0.05, 0.1) is 11.8 Å². The van der Waals surface area contributed by atoms with Crippen LogP contribution in [0.2, 0.25) is 0 Å². The van der Waals surface area contributed by atoms with Gasteiger partial charge in [-0.1, -0.05) is 12.1 Å². The van der Waals surface area contributed by atoms with E-state index in [0.717, 1.165) is 11.3 Å². The molecule has 0 aliphatic rings. The lowest BCUT2D eigenvalue weighted by molar-refractivity contribution is 0.0977. The predicted molar refractivity (Wildman–Crippen MR) is 82.2 cm³/mol. The molecule has 0 aliphatic carbocycles. The van der Waals surface area contributed by atoms with E-state index >= 15 is 0 Å². The largest absolute Gasteiger partial charge is 0.505 e. The molecule has 0 aliphatic heterocycles. The van der Waals surface area contributed by atoms with Gasteiger partial charge in [-0.15, -0.1) is 0 Å². The molecule has 0 unspecified atom stereocenters. The summed E-state index contributed by atoms with van der Waals surface area (Å²) in [4.78, 5) is 18.1. The monoisotopic (exact) mass is 285 g/mol. The third-order valence-corrected chi connectivity index (χ3v) is 3.22. The van der Waals surface area contributed by atoms with Crippen LogP contribution in [0.4, 0.5) is 5.69 Å². The molecule has 110 valence electrons. The van der Waals surface area contributed by atoms with E-state index in [0.29, 0.717) is 6.54 Å². The van der Waals surface area contributed by atoms with E-state index in [4.69, 9.17) is 5.73 Å². The molecule has 0 bridgehead atoms. The number of aromatic nitrogens is 1. The van der Waals surface area contributed by atoms with Gasteiger partial charge in [0.2, 0.25) is 0 Å². The average Bonchev–Trinajstić information content (AvgIpc) is 2.48. The number of benzene rings is 1. The van der Waals surface area contributed by atoms with E-state index in [1.165, 1.54) is 18.5 Å². The first-order valence-corrected chi connectivity index (χ1v) is 6.80. The Balaban J connectivity index is 2.39. The normalized spacial score (nSPS) is 10.7. The zero-order valence-corrected chi connectivity index (χ0v) is 12.2.